The molecular formula is C16H23NO3. The van der Waals surface area contributed by atoms with E-state index in [1.165, 1.54) is 0 Å². The lowest BCUT2D eigenvalue weighted by Crippen LogP contribution is -2.40. The normalized spacial score (nSPS) is 19.4. The predicted molar refractivity (Wildman–Crippen MR) is 77.7 cm³/mol. The average molecular weight is 277 g/mol. The molecule has 2 unspecified atom stereocenters. The highest BCUT2D eigenvalue weighted by atomic mass is 16.5. The van der Waals surface area contributed by atoms with E-state index in [1.807, 2.05) is 32.0 Å². The maximum absolute atomic E-state index is 11.9. The van der Waals surface area contributed by atoms with Gasteiger partial charge in [0.2, 0.25) is 0 Å². The molecule has 1 aromatic rings. The molecule has 0 fully saturated rings. The lowest BCUT2D eigenvalue weighted by molar-refractivity contribution is -0.127. The molecule has 110 valence electrons. The van der Waals surface area contributed by atoms with E-state index in [-0.39, 0.29) is 11.9 Å². The second-order valence-electron chi connectivity index (χ2n) is 5.66. The Hall–Kier alpha value is -1.55. The first-order valence-corrected chi connectivity index (χ1v) is 7.26. The van der Waals surface area contributed by atoms with E-state index in [9.17, 15) is 9.90 Å². The molecule has 0 saturated carbocycles. The van der Waals surface area contributed by atoms with Crippen molar-refractivity contribution in [2.24, 2.45) is 0 Å². The monoisotopic (exact) mass is 277 g/mol. The molecule has 2 rings (SSSR count). The van der Waals surface area contributed by atoms with Gasteiger partial charge in [-0.25, -0.2) is 0 Å². The molecule has 1 aliphatic carbocycles. The van der Waals surface area contributed by atoms with Crippen LogP contribution in [0.2, 0.25) is 0 Å². The molecule has 4 heteroatoms. The molecule has 0 spiro atoms. The van der Waals surface area contributed by atoms with Crippen molar-refractivity contribution in [1.82, 2.24) is 5.32 Å². The standard InChI is InChI=1S/C16H23NO3/c1-10(2)17-16(19)11(3)20-15-9-5-6-12-13(15)7-4-8-14(12)18/h5-6,9-11,14,18H,4,7-8H2,1-3H3,(H,17,19). The topological polar surface area (TPSA) is 58.6 Å². The Balaban J connectivity index is 2.14. The van der Waals surface area contributed by atoms with E-state index in [4.69, 9.17) is 4.74 Å². The number of carbonyl (C=O) groups excluding carboxylic acids is 1. The van der Waals surface area contributed by atoms with E-state index >= 15 is 0 Å². The van der Waals surface area contributed by atoms with Crippen LogP contribution in [-0.2, 0) is 11.2 Å². The van der Waals surface area contributed by atoms with Crippen LogP contribution in [0.5, 0.6) is 5.75 Å². The highest BCUT2D eigenvalue weighted by molar-refractivity contribution is 5.81. The van der Waals surface area contributed by atoms with E-state index in [1.54, 1.807) is 6.92 Å². The summed E-state index contributed by atoms with van der Waals surface area (Å²) in [5.41, 5.74) is 1.97. The van der Waals surface area contributed by atoms with E-state index in [0.29, 0.717) is 5.75 Å². The third kappa shape index (κ3) is 3.31. The lowest BCUT2D eigenvalue weighted by Gasteiger charge is -2.25. The summed E-state index contributed by atoms with van der Waals surface area (Å²) in [5, 5.41) is 12.9. The molecular weight excluding hydrogens is 254 g/mol. The zero-order valence-corrected chi connectivity index (χ0v) is 12.3. The Bertz CT molecular complexity index is 485. The zero-order chi connectivity index (χ0) is 14.7. The summed E-state index contributed by atoms with van der Waals surface area (Å²) in [5.74, 6) is 0.599. The van der Waals surface area contributed by atoms with Crippen molar-refractivity contribution in [3.05, 3.63) is 29.3 Å². The molecule has 2 atom stereocenters. The molecule has 0 aromatic heterocycles. The molecule has 1 aliphatic rings. The Morgan fingerprint density at radius 2 is 2.15 bits per heavy atom. The Labute approximate surface area is 120 Å². The summed E-state index contributed by atoms with van der Waals surface area (Å²) >= 11 is 0. The summed E-state index contributed by atoms with van der Waals surface area (Å²) in [6, 6.07) is 5.77. The fourth-order valence-corrected chi connectivity index (χ4v) is 2.55. The van der Waals surface area contributed by atoms with Crippen LogP contribution in [-0.4, -0.2) is 23.2 Å². The smallest absolute Gasteiger partial charge is 0.260 e. The number of benzene rings is 1. The van der Waals surface area contributed by atoms with Crippen LogP contribution in [0.4, 0.5) is 0 Å². The second kappa shape index (κ2) is 6.27. The largest absolute Gasteiger partial charge is 0.481 e. The lowest BCUT2D eigenvalue weighted by atomic mass is 9.89. The minimum absolute atomic E-state index is 0.0973. The molecule has 0 bridgehead atoms. The fourth-order valence-electron chi connectivity index (χ4n) is 2.55. The van der Waals surface area contributed by atoms with Gasteiger partial charge in [-0.3, -0.25) is 4.79 Å². The van der Waals surface area contributed by atoms with Crippen molar-refractivity contribution in [2.75, 3.05) is 0 Å². The van der Waals surface area contributed by atoms with Crippen LogP contribution in [0.15, 0.2) is 18.2 Å². The van der Waals surface area contributed by atoms with Crippen LogP contribution in [0.3, 0.4) is 0 Å². The van der Waals surface area contributed by atoms with Gasteiger partial charge in [-0.1, -0.05) is 12.1 Å². The summed E-state index contributed by atoms with van der Waals surface area (Å²) in [6.07, 6.45) is 1.67. The number of rotatable bonds is 4. The number of aliphatic hydroxyl groups is 1. The first-order valence-electron chi connectivity index (χ1n) is 7.26. The zero-order valence-electron chi connectivity index (χ0n) is 12.3. The van der Waals surface area contributed by atoms with Gasteiger partial charge in [0.1, 0.15) is 5.75 Å². The molecule has 4 nitrogen and oxygen atoms in total. The molecule has 2 N–H and O–H groups in total. The van der Waals surface area contributed by atoms with Gasteiger partial charge in [0.05, 0.1) is 6.10 Å². The van der Waals surface area contributed by atoms with Gasteiger partial charge in [-0.2, -0.15) is 0 Å². The number of hydrogen-bond donors (Lipinski definition) is 2. The molecule has 0 saturated heterocycles. The quantitative estimate of drug-likeness (QED) is 0.888. The summed E-state index contributed by atoms with van der Waals surface area (Å²) in [4.78, 5) is 11.9. The molecule has 0 aliphatic heterocycles. The Morgan fingerprint density at radius 3 is 2.85 bits per heavy atom. The molecule has 20 heavy (non-hydrogen) atoms. The number of ether oxygens (including phenoxy) is 1. The molecule has 1 amide bonds. The number of fused-ring (bicyclic) bond motifs is 1. The molecule has 0 heterocycles. The van der Waals surface area contributed by atoms with Crippen LogP contribution in [0.1, 0.15) is 50.8 Å². The van der Waals surface area contributed by atoms with Crippen LogP contribution >= 0.6 is 0 Å². The highest BCUT2D eigenvalue weighted by Crippen LogP contribution is 2.35. The van der Waals surface area contributed by atoms with Gasteiger partial charge in [0, 0.05) is 6.04 Å². The molecule has 0 radical (unpaired) electrons. The van der Waals surface area contributed by atoms with Crippen LogP contribution in [0.25, 0.3) is 0 Å². The van der Waals surface area contributed by atoms with Crippen molar-refractivity contribution in [3.8, 4) is 5.75 Å². The Kier molecular flexibility index (Phi) is 4.65. The van der Waals surface area contributed by atoms with Crippen molar-refractivity contribution < 1.29 is 14.6 Å². The first-order chi connectivity index (χ1) is 9.49. The van der Waals surface area contributed by atoms with Crippen molar-refractivity contribution >= 4 is 5.91 Å². The maximum atomic E-state index is 11.9. The number of aliphatic hydroxyl groups excluding tert-OH is 1. The van der Waals surface area contributed by atoms with E-state index in [0.717, 1.165) is 30.4 Å². The van der Waals surface area contributed by atoms with E-state index in [2.05, 4.69) is 5.32 Å². The Morgan fingerprint density at radius 1 is 1.40 bits per heavy atom. The number of amides is 1. The SMILES string of the molecule is CC(C)NC(=O)C(C)Oc1cccc2c1CCCC2O. The summed E-state index contributed by atoms with van der Waals surface area (Å²) < 4.78 is 5.80. The van der Waals surface area contributed by atoms with Crippen LogP contribution < -0.4 is 10.1 Å². The second-order valence-corrected chi connectivity index (χ2v) is 5.66. The minimum Gasteiger partial charge on any atom is -0.481 e. The molecule has 1 aromatic carbocycles. The van der Waals surface area contributed by atoms with Gasteiger partial charge >= 0.3 is 0 Å². The highest BCUT2D eigenvalue weighted by Gasteiger charge is 2.23. The third-order valence-electron chi connectivity index (χ3n) is 3.54. The number of hydrogen-bond acceptors (Lipinski definition) is 3. The van der Waals surface area contributed by atoms with Crippen molar-refractivity contribution in [3.63, 3.8) is 0 Å². The van der Waals surface area contributed by atoms with Gasteiger partial charge in [0.15, 0.2) is 6.10 Å². The summed E-state index contributed by atoms with van der Waals surface area (Å²) in [7, 11) is 0. The predicted octanol–water partition coefficient (Wildman–Crippen LogP) is 2.35. The third-order valence-corrected chi connectivity index (χ3v) is 3.54. The number of nitrogens with one attached hydrogen (secondary N) is 1. The maximum Gasteiger partial charge on any atom is 0.260 e. The van der Waals surface area contributed by atoms with Gasteiger partial charge in [0.25, 0.3) is 5.91 Å². The first kappa shape index (κ1) is 14.9. The van der Waals surface area contributed by atoms with Crippen molar-refractivity contribution in [2.45, 2.75) is 58.3 Å². The van der Waals surface area contributed by atoms with Crippen LogP contribution in [0, 0.1) is 0 Å². The number of carbonyl (C=O) groups is 1. The fraction of sp³-hybridized carbons (Fsp3) is 0.562. The van der Waals surface area contributed by atoms with Gasteiger partial charge in [-0.15, -0.1) is 0 Å². The van der Waals surface area contributed by atoms with Gasteiger partial charge in [-0.05, 0) is 57.2 Å². The van der Waals surface area contributed by atoms with Crippen molar-refractivity contribution in [1.29, 1.82) is 0 Å². The minimum atomic E-state index is -0.539. The van der Waals surface area contributed by atoms with E-state index < -0.39 is 12.2 Å². The van der Waals surface area contributed by atoms with Gasteiger partial charge < -0.3 is 15.2 Å². The summed E-state index contributed by atoms with van der Waals surface area (Å²) in [6.45, 7) is 5.59. The average Bonchev–Trinajstić information content (AvgIpc) is 2.39.